The number of nitrogens with one attached hydrogen (secondary N) is 2. The van der Waals surface area contributed by atoms with Crippen LogP contribution in [-0.4, -0.2) is 17.5 Å². The molecule has 0 spiro atoms. The molecule has 0 aliphatic carbocycles. The third-order valence-corrected chi connectivity index (χ3v) is 5.86. The summed E-state index contributed by atoms with van der Waals surface area (Å²) in [4.78, 5) is 26.4. The van der Waals surface area contributed by atoms with Crippen molar-refractivity contribution >= 4 is 34.6 Å². The largest absolute Gasteiger partial charge is 0.322 e. The summed E-state index contributed by atoms with van der Waals surface area (Å²) in [6.07, 6.45) is 0. The first-order chi connectivity index (χ1) is 14.6. The molecule has 1 aromatic heterocycles. The first kappa shape index (κ1) is 22.4. The van der Waals surface area contributed by atoms with Crippen LogP contribution in [0, 0.1) is 6.92 Å². The van der Waals surface area contributed by atoms with Crippen LogP contribution in [0.3, 0.4) is 0 Å². The van der Waals surface area contributed by atoms with E-state index in [0.717, 1.165) is 10.4 Å². The van der Waals surface area contributed by atoms with Crippen molar-refractivity contribution in [3.8, 4) is 0 Å². The summed E-state index contributed by atoms with van der Waals surface area (Å²) in [5, 5.41) is 7.09. The second-order valence-electron chi connectivity index (χ2n) is 8.41. The second kappa shape index (κ2) is 9.27. The quantitative estimate of drug-likeness (QED) is 0.397. The van der Waals surface area contributed by atoms with Gasteiger partial charge in [-0.25, -0.2) is 5.43 Å². The highest BCUT2D eigenvalue weighted by Crippen LogP contribution is 2.22. The highest BCUT2D eigenvalue weighted by molar-refractivity contribution is 7.13. The normalized spacial score (nSPS) is 11.8. The lowest BCUT2D eigenvalue weighted by Gasteiger charge is -2.19. The maximum absolute atomic E-state index is 12.5. The number of rotatable bonds is 5. The summed E-state index contributed by atoms with van der Waals surface area (Å²) in [6, 6.07) is 18.7. The monoisotopic (exact) mass is 433 g/mol. The SMILES string of the molecule is C/C(=N/NC(=O)c1ccc(C)s1)c1ccc(NC(=O)c2ccc(C(C)(C)C)cc2)cc1. The van der Waals surface area contributed by atoms with E-state index >= 15 is 0 Å². The van der Waals surface area contributed by atoms with Gasteiger partial charge in [-0.2, -0.15) is 5.10 Å². The minimum Gasteiger partial charge on any atom is -0.322 e. The maximum atomic E-state index is 12.5. The first-order valence-electron chi connectivity index (χ1n) is 10.1. The molecule has 0 bridgehead atoms. The molecule has 0 aliphatic rings. The molecular weight excluding hydrogens is 406 g/mol. The van der Waals surface area contributed by atoms with Gasteiger partial charge in [-0.3, -0.25) is 9.59 Å². The fraction of sp³-hybridized carbons (Fsp3) is 0.240. The number of hydrogen-bond donors (Lipinski definition) is 2. The van der Waals surface area contributed by atoms with Gasteiger partial charge in [-0.05, 0) is 66.8 Å². The Kier molecular flexibility index (Phi) is 6.71. The molecule has 3 rings (SSSR count). The van der Waals surface area contributed by atoms with E-state index in [-0.39, 0.29) is 17.2 Å². The van der Waals surface area contributed by atoms with E-state index < -0.39 is 0 Å². The summed E-state index contributed by atoms with van der Waals surface area (Å²) >= 11 is 1.43. The molecule has 0 radical (unpaired) electrons. The molecule has 0 saturated carbocycles. The fourth-order valence-electron chi connectivity index (χ4n) is 2.93. The van der Waals surface area contributed by atoms with Gasteiger partial charge >= 0.3 is 0 Å². The topological polar surface area (TPSA) is 70.6 Å². The molecule has 1 heterocycles. The Morgan fingerprint density at radius 3 is 2.00 bits per heavy atom. The van der Waals surface area contributed by atoms with Crippen molar-refractivity contribution in [2.24, 2.45) is 5.10 Å². The van der Waals surface area contributed by atoms with E-state index in [9.17, 15) is 9.59 Å². The van der Waals surface area contributed by atoms with Gasteiger partial charge in [0.25, 0.3) is 11.8 Å². The van der Waals surface area contributed by atoms with Crippen molar-refractivity contribution in [1.29, 1.82) is 0 Å². The molecule has 0 aliphatic heterocycles. The van der Waals surface area contributed by atoms with Crippen molar-refractivity contribution in [1.82, 2.24) is 5.43 Å². The average molecular weight is 434 g/mol. The highest BCUT2D eigenvalue weighted by atomic mass is 32.1. The van der Waals surface area contributed by atoms with Crippen LogP contribution in [0.15, 0.2) is 65.8 Å². The van der Waals surface area contributed by atoms with Crippen molar-refractivity contribution in [3.05, 3.63) is 87.1 Å². The third kappa shape index (κ3) is 5.89. The molecule has 2 N–H and O–H groups in total. The molecule has 0 saturated heterocycles. The van der Waals surface area contributed by atoms with E-state index in [1.54, 1.807) is 6.07 Å². The lowest BCUT2D eigenvalue weighted by molar-refractivity contribution is 0.0958. The smallest absolute Gasteiger partial charge is 0.281 e. The van der Waals surface area contributed by atoms with Gasteiger partial charge in [0, 0.05) is 16.1 Å². The van der Waals surface area contributed by atoms with Gasteiger partial charge in [0.2, 0.25) is 0 Å². The first-order valence-corrected chi connectivity index (χ1v) is 10.9. The van der Waals surface area contributed by atoms with Crippen LogP contribution in [0.5, 0.6) is 0 Å². The van der Waals surface area contributed by atoms with Crippen molar-refractivity contribution < 1.29 is 9.59 Å². The highest BCUT2D eigenvalue weighted by Gasteiger charge is 2.14. The Labute approximate surface area is 187 Å². The van der Waals surface area contributed by atoms with E-state index in [4.69, 9.17) is 0 Å². The van der Waals surface area contributed by atoms with E-state index in [1.165, 1.54) is 16.9 Å². The summed E-state index contributed by atoms with van der Waals surface area (Å²) in [6.45, 7) is 10.2. The number of carbonyl (C=O) groups is 2. The van der Waals surface area contributed by atoms with Gasteiger partial charge in [-0.1, -0.05) is 45.0 Å². The molecule has 3 aromatic rings. The predicted molar refractivity (Wildman–Crippen MR) is 128 cm³/mol. The van der Waals surface area contributed by atoms with Crippen LogP contribution in [0.25, 0.3) is 0 Å². The number of anilines is 1. The summed E-state index contributed by atoms with van der Waals surface area (Å²) in [7, 11) is 0. The van der Waals surface area contributed by atoms with Crippen molar-refractivity contribution in [2.75, 3.05) is 5.32 Å². The molecule has 6 heteroatoms. The molecule has 0 fully saturated rings. The van der Waals surface area contributed by atoms with E-state index in [0.29, 0.717) is 21.8 Å². The number of aryl methyl sites for hydroxylation is 1. The summed E-state index contributed by atoms with van der Waals surface area (Å²) in [5.41, 5.74) is 6.66. The minimum atomic E-state index is -0.223. The Morgan fingerprint density at radius 2 is 1.45 bits per heavy atom. The standard InChI is InChI=1S/C25H27N3O2S/c1-16-6-15-22(31-16)24(30)28-27-17(2)18-9-13-21(14-10-18)26-23(29)19-7-11-20(12-8-19)25(3,4)5/h6-15H,1-5H3,(H,26,29)(H,28,30)/b27-17-. The van der Waals surface area contributed by atoms with Gasteiger partial charge in [0.1, 0.15) is 0 Å². The van der Waals surface area contributed by atoms with Gasteiger partial charge in [0.15, 0.2) is 0 Å². The summed E-state index contributed by atoms with van der Waals surface area (Å²) in [5.74, 6) is -0.379. The Hall–Kier alpha value is -3.25. The molecule has 0 atom stereocenters. The van der Waals surface area contributed by atoms with Gasteiger partial charge < -0.3 is 5.32 Å². The number of nitrogens with zero attached hydrogens (tertiary/aromatic N) is 1. The molecule has 160 valence electrons. The van der Waals surface area contributed by atoms with Crippen LogP contribution in [0.1, 0.15) is 63.7 Å². The van der Waals surface area contributed by atoms with Crippen molar-refractivity contribution in [2.45, 2.75) is 40.0 Å². The van der Waals surface area contributed by atoms with E-state index in [1.807, 2.05) is 68.4 Å². The Balaban J connectivity index is 1.61. The Morgan fingerprint density at radius 1 is 0.839 bits per heavy atom. The molecule has 0 unspecified atom stereocenters. The van der Waals surface area contributed by atoms with Crippen LogP contribution in [0.2, 0.25) is 0 Å². The van der Waals surface area contributed by atoms with Crippen LogP contribution in [0.4, 0.5) is 5.69 Å². The van der Waals surface area contributed by atoms with Crippen molar-refractivity contribution in [3.63, 3.8) is 0 Å². The van der Waals surface area contributed by atoms with Crippen LogP contribution < -0.4 is 10.7 Å². The number of benzene rings is 2. The number of hydrogen-bond acceptors (Lipinski definition) is 4. The van der Waals surface area contributed by atoms with Gasteiger partial charge in [0.05, 0.1) is 10.6 Å². The molecule has 2 aromatic carbocycles. The zero-order valence-corrected chi connectivity index (χ0v) is 19.3. The zero-order chi connectivity index (χ0) is 22.6. The predicted octanol–water partition coefficient (Wildman–Crippen LogP) is 5.76. The van der Waals surface area contributed by atoms with Crippen LogP contribution in [-0.2, 0) is 5.41 Å². The lowest BCUT2D eigenvalue weighted by Crippen LogP contribution is -2.18. The van der Waals surface area contributed by atoms with Crippen LogP contribution >= 0.6 is 11.3 Å². The Bertz CT molecular complexity index is 1100. The number of carbonyl (C=O) groups excluding carboxylic acids is 2. The number of amides is 2. The number of thiophene rings is 1. The minimum absolute atomic E-state index is 0.0480. The second-order valence-corrected chi connectivity index (χ2v) is 9.70. The zero-order valence-electron chi connectivity index (χ0n) is 18.4. The maximum Gasteiger partial charge on any atom is 0.281 e. The van der Waals surface area contributed by atoms with Gasteiger partial charge in [-0.15, -0.1) is 11.3 Å². The van der Waals surface area contributed by atoms with E-state index in [2.05, 4.69) is 36.6 Å². The number of hydrazone groups is 1. The molecule has 31 heavy (non-hydrogen) atoms. The molecular formula is C25H27N3O2S. The molecule has 2 amide bonds. The molecule has 5 nitrogen and oxygen atoms in total. The fourth-order valence-corrected chi connectivity index (χ4v) is 3.69. The summed E-state index contributed by atoms with van der Waals surface area (Å²) < 4.78 is 0. The third-order valence-electron chi connectivity index (χ3n) is 4.86. The average Bonchev–Trinajstić information content (AvgIpc) is 3.18. The lowest BCUT2D eigenvalue weighted by atomic mass is 9.87.